The Kier molecular flexibility index (Phi) is 5.50. The molecule has 0 saturated heterocycles. The summed E-state index contributed by atoms with van der Waals surface area (Å²) >= 11 is 0. The second-order valence-electron chi connectivity index (χ2n) is 5.70. The van der Waals surface area contributed by atoms with Crippen molar-refractivity contribution < 1.29 is 24.3 Å². The number of aliphatic carboxylic acids is 1. The van der Waals surface area contributed by atoms with Crippen LogP contribution in [0.2, 0.25) is 0 Å². The Balaban J connectivity index is 1.55. The van der Waals surface area contributed by atoms with Gasteiger partial charge in [-0.15, -0.1) is 5.48 Å². The highest BCUT2D eigenvalue weighted by atomic mass is 16.8. The molecule has 0 radical (unpaired) electrons. The average Bonchev–Trinajstić information content (AvgIpc) is 3.07. The fourth-order valence-electron chi connectivity index (χ4n) is 2.56. The van der Waals surface area contributed by atoms with Crippen LogP contribution in [-0.2, 0) is 27.4 Å². The van der Waals surface area contributed by atoms with E-state index < -0.39 is 18.2 Å². The molecule has 0 aliphatic heterocycles. The predicted molar refractivity (Wildman–Crippen MR) is 94.3 cm³/mol. The highest BCUT2D eigenvalue weighted by molar-refractivity contribution is 5.84. The third-order valence-corrected chi connectivity index (χ3v) is 3.88. The minimum atomic E-state index is -1.13. The van der Waals surface area contributed by atoms with Gasteiger partial charge in [0.2, 0.25) is 0 Å². The molecule has 26 heavy (non-hydrogen) atoms. The molecule has 7 heteroatoms. The largest absolute Gasteiger partial charge is 0.528 e. The number of H-pyrrole nitrogens is 1. The van der Waals surface area contributed by atoms with Gasteiger partial charge in [0.05, 0.1) is 0 Å². The number of carboxylic acids is 1. The van der Waals surface area contributed by atoms with Crippen LogP contribution in [0.25, 0.3) is 10.9 Å². The molecule has 0 aliphatic carbocycles. The Bertz CT molecular complexity index is 891. The van der Waals surface area contributed by atoms with Crippen LogP contribution < -0.4 is 5.48 Å². The van der Waals surface area contributed by atoms with E-state index in [1.807, 2.05) is 42.5 Å². The zero-order chi connectivity index (χ0) is 18.4. The molecule has 0 spiro atoms. The van der Waals surface area contributed by atoms with Crippen molar-refractivity contribution in [3.8, 4) is 0 Å². The minimum absolute atomic E-state index is 0.0432. The predicted octanol–water partition coefficient (Wildman–Crippen LogP) is 3.02. The van der Waals surface area contributed by atoms with Gasteiger partial charge in [-0.1, -0.05) is 48.5 Å². The van der Waals surface area contributed by atoms with Crippen LogP contribution in [0.3, 0.4) is 0 Å². The van der Waals surface area contributed by atoms with Crippen molar-refractivity contribution in [3.63, 3.8) is 0 Å². The van der Waals surface area contributed by atoms with Gasteiger partial charge in [-0.05, 0) is 17.2 Å². The number of ether oxygens (including phenoxy) is 1. The maximum atomic E-state index is 11.7. The number of hydrogen-bond donors (Lipinski definition) is 3. The number of carbonyl (C=O) groups is 2. The fourth-order valence-corrected chi connectivity index (χ4v) is 2.56. The molecule has 3 aromatic rings. The van der Waals surface area contributed by atoms with Gasteiger partial charge in [-0.2, -0.15) is 0 Å². The van der Waals surface area contributed by atoms with Crippen molar-refractivity contribution in [1.82, 2.24) is 10.5 Å². The van der Waals surface area contributed by atoms with Crippen molar-refractivity contribution in [1.29, 1.82) is 0 Å². The Labute approximate surface area is 149 Å². The third kappa shape index (κ3) is 4.40. The highest BCUT2D eigenvalue weighted by Gasteiger charge is 2.22. The first-order chi connectivity index (χ1) is 12.6. The van der Waals surface area contributed by atoms with Gasteiger partial charge in [-0.25, -0.2) is 4.79 Å². The number of carboxylic acid groups (broad SMARTS) is 1. The number of benzene rings is 2. The number of aromatic nitrogens is 1. The molecule has 134 valence electrons. The van der Waals surface area contributed by atoms with Gasteiger partial charge < -0.3 is 19.7 Å². The fraction of sp³-hybridized carbons (Fsp3) is 0.158. The Morgan fingerprint density at radius 2 is 1.81 bits per heavy atom. The standard InChI is InChI=1S/C19H18N2O5/c22-18(23)17(10-14-11-20-16-9-5-4-8-15(14)16)21-26-19(24)25-12-13-6-2-1-3-7-13/h1-9,11,17,20-21H,10,12H2,(H,22,23)/t17-/m0/s1. The lowest BCUT2D eigenvalue weighted by Gasteiger charge is -2.13. The molecule has 0 aliphatic rings. The number of para-hydroxylation sites is 1. The number of aromatic amines is 1. The molecule has 0 fully saturated rings. The second-order valence-corrected chi connectivity index (χ2v) is 5.70. The van der Waals surface area contributed by atoms with Gasteiger partial charge in [0, 0.05) is 23.5 Å². The molecular weight excluding hydrogens is 336 g/mol. The van der Waals surface area contributed by atoms with E-state index in [0.29, 0.717) is 0 Å². The summed E-state index contributed by atoms with van der Waals surface area (Å²) in [5.41, 5.74) is 4.79. The number of hydrogen-bond acceptors (Lipinski definition) is 5. The van der Waals surface area contributed by atoms with Crippen molar-refractivity contribution in [2.24, 2.45) is 0 Å². The van der Waals surface area contributed by atoms with E-state index in [1.54, 1.807) is 18.3 Å². The van der Waals surface area contributed by atoms with Crippen LogP contribution in [0, 0.1) is 0 Å². The average molecular weight is 354 g/mol. The van der Waals surface area contributed by atoms with E-state index in [2.05, 4.69) is 10.5 Å². The summed E-state index contributed by atoms with van der Waals surface area (Å²) in [6, 6.07) is 15.6. The quantitative estimate of drug-likeness (QED) is 0.445. The van der Waals surface area contributed by atoms with Crippen LogP contribution in [-0.4, -0.2) is 28.3 Å². The summed E-state index contributed by atoms with van der Waals surface area (Å²) in [7, 11) is 0. The van der Waals surface area contributed by atoms with E-state index in [0.717, 1.165) is 22.0 Å². The lowest BCUT2D eigenvalue weighted by atomic mass is 10.1. The first-order valence-electron chi connectivity index (χ1n) is 8.04. The van der Waals surface area contributed by atoms with Crippen LogP contribution in [0.5, 0.6) is 0 Å². The van der Waals surface area contributed by atoms with E-state index in [9.17, 15) is 14.7 Å². The van der Waals surface area contributed by atoms with Crippen LogP contribution in [0.15, 0.2) is 60.8 Å². The molecule has 7 nitrogen and oxygen atoms in total. The Hall–Kier alpha value is -3.32. The maximum absolute atomic E-state index is 11.7. The molecule has 0 saturated carbocycles. The van der Waals surface area contributed by atoms with E-state index in [4.69, 9.17) is 9.57 Å². The summed E-state index contributed by atoms with van der Waals surface area (Å²) in [5.74, 6) is -1.13. The number of carbonyl (C=O) groups excluding carboxylic acids is 1. The molecule has 0 amide bonds. The van der Waals surface area contributed by atoms with Gasteiger partial charge in [-0.3, -0.25) is 4.79 Å². The third-order valence-electron chi connectivity index (χ3n) is 3.88. The van der Waals surface area contributed by atoms with Gasteiger partial charge in [0.15, 0.2) is 0 Å². The molecule has 3 rings (SSSR count). The molecule has 0 unspecified atom stereocenters. The maximum Gasteiger partial charge on any atom is 0.528 e. The monoisotopic (exact) mass is 354 g/mol. The smallest absolute Gasteiger partial charge is 0.480 e. The van der Waals surface area contributed by atoms with Crippen molar-refractivity contribution in [2.45, 2.75) is 19.1 Å². The molecule has 2 aromatic carbocycles. The molecule has 3 N–H and O–H groups in total. The van der Waals surface area contributed by atoms with Crippen LogP contribution in [0.1, 0.15) is 11.1 Å². The SMILES string of the molecule is O=C(OCc1ccccc1)ON[C@@H](Cc1c[nH]c2ccccc12)C(=O)O. The number of fused-ring (bicyclic) bond motifs is 1. The zero-order valence-corrected chi connectivity index (χ0v) is 13.8. The van der Waals surface area contributed by atoms with Crippen molar-refractivity contribution in [3.05, 3.63) is 71.9 Å². The number of rotatable bonds is 7. The van der Waals surface area contributed by atoms with Crippen LogP contribution in [0.4, 0.5) is 4.79 Å². The summed E-state index contributed by atoms with van der Waals surface area (Å²) in [4.78, 5) is 30.9. The minimum Gasteiger partial charge on any atom is -0.480 e. The Morgan fingerprint density at radius 1 is 1.08 bits per heavy atom. The van der Waals surface area contributed by atoms with Gasteiger partial charge in [0.25, 0.3) is 0 Å². The molecular formula is C19H18N2O5. The first-order valence-corrected chi connectivity index (χ1v) is 8.04. The van der Waals surface area contributed by atoms with Crippen molar-refractivity contribution in [2.75, 3.05) is 0 Å². The normalized spacial score (nSPS) is 11.8. The summed E-state index contributed by atoms with van der Waals surface area (Å²) in [5, 5.41) is 10.3. The van der Waals surface area contributed by atoms with E-state index in [1.165, 1.54) is 0 Å². The molecule has 1 heterocycles. The number of nitrogens with one attached hydrogen (secondary N) is 2. The molecule has 1 aromatic heterocycles. The zero-order valence-electron chi connectivity index (χ0n) is 13.8. The van der Waals surface area contributed by atoms with Crippen LogP contribution >= 0.6 is 0 Å². The Morgan fingerprint density at radius 3 is 2.58 bits per heavy atom. The summed E-state index contributed by atoms with van der Waals surface area (Å²) in [6.45, 7) is 0.0432. The van der Waals surface area contributed by atoms with Crippen molar-refractivity contribution >= 4 is 23.0 Å². The molecule has 0 bridgehead atoms. The summed E-state index contributed by atoms with van der Waals surface area (Å²) in [6.07, 6.45) is 0.903. The lowest BCUT2D eigenvalue weighted by Crippen LogP contribution is -2.40. The molecule has 1 atom stereocenters. The number of hydroxylamine groups is 1. The second kappa shape index (κ2) is 8.17. The lowest BCUT2D eigenvalue weighted by molar-refractivity contribution is -0.142. The van der Waals surface area contributed by atoms with Gasteiger partial charge in [0.1, 0.15) is 12.6 Å². The summed E-state index contributed by atoms with van der Waals surface area (Å²) < 4.78 is 4.94. The first kappa shape index (κ1) is 17.5. The van der Waals surface area contributed by atoms with Gasteiger partial charge >= 0.3 is 12.1 Å². The van der Waals surface area contributed by atoms with E-state index in [-0.39, 0.29) is 13.0 Å². The highest BCUT2D eigenvalue weighted by Crippen LogP contribution is 2.19. The van der Waals surface area contributed by atoms with E-state index >= 15 is 0 Å². The topological polar surface area (TPSA) is 101 Å².